The van der Waals surface area contributed by atoms with Crippen molar-refractivity contribution in [2.24, 2.45) is 0 Å². The molecule has 0 saturated heterocycles. The summed E-state index contributed by atoms with van der Waals surface area (Å²) in [7, 11) is -10.00. The van der Waals surface area contributed by atoms with Crippen LogP contribution in [0.3, 0.4) is 0 Å². The van der Waals surface area contributed by atoms with Crippen molar-refractivity contribution < 1.29 is 80.2 Å². The Labute approximate surface area is 629 Å². The lowest BCUT2D eigenvalue weighted by molar-refractivity contribution is -0.161. The number of ether oxygens (including phenoxy) is 4. The van der Waals surface area contributed by atoms with Crippen molar-refractivity contribution in [3.63, 3.8) is 0 Å². The van der Waals surface area contributed by atoms with Gasteiger partial charge in [0.25, 0.3) is 0 Å². The molecule has 0 spiro atoms. The zero-order valence-corrected chi connectivity index (χ0v) is 66.2. The van der Waals surface area contributed by atoms with Gasteiger partial charge in [-0.15, -0.1) is 0 Å². The molecule has 0 aromatic carbocycles. The Kier molecular flexibility index (Phi) is 71.6. The molecule has 19 heteroatoms. The van der Waals surface area contributed by atoms with E-state index in [2.05, 4.69) is 198 Å². The number of aliphatic hydroxyl groups excluding tert-OH is 1. The lowest BCUT2D eigenvalue weighted by Crippen LogP contribution is -2.30. The largest absolute Gasteiger partial charge is 0.472 e. The van der Waals surface area contributed by atoms with Crippen molar-refractivity contribution >= 4 is 39.5 Å². The first-order chi connectivity index (χ1) is 50.7. The molecular weight excluding hydrogens is 1350 g/mol. The summed E-state index contributed by atoms with van der Waals surface area (Å²) >= 11 is 0. The standard InChI is InChI=1S/C85H138O17P2/c1-5-9-13-17-21-25-29-33-36-38-39-41-44-47-50-54-58-62-66-70-83(88)96-76-81(102-85(90)72-68-64-60-56-52-48-42-35-31-27-23-19-15-11-7-3)78-100-104(93,94)98-74-79(86)73-97-103(91,92)99-77-80(101-84(89)71-67-63-59-55-51-45-32-28-24-20-16-12-8-4)75-95-82(87)69-65-61-57-53-49-46-43-40-37-34-30-26-22-18-14-10-6-2/h9-11,13-16,20-23,25-28,32-37,39,41-43,46,52,56,79-81,86H,5-8,12,17-19,24,29-31,38,40,44-45,47-51,53-55,57-78H2,1-4H3,(H,91,92)(H,93,94)/b13-9-,14-10-,15-11-,20-16-,25-21-,26-22-,27-23-,32-28-,36-33-,37-34-,41-39-,42-35-,46-43-,56-52-. The van der Waals surface area contributed by atoms with Crippen LogP contribution in [0.1, 0.15) is 285 Å². The van der Waals surface area contributed by atoms with E-state index in [0.29, 0.717) is 32.1 Å². The normalized spacial score (nSPS) is 14.8. The number of carbonyl (C=O) groups is 4. The highest BCUT2D eigenvalue weighted by molar-refractivity contribution is 7.47. The summed E-state index contributed by atoms with van der Waals surface area (Å²) in [5, 5.41) is 10.6. The first-order valence-electron chi connectivity index (χ1n) is 39.4. The van der Waals surface area contributed by atoms with Crippen molar-refractivity contribution in [2.75, 3.05) is 39.6 Å². The molecule has 0 fully saturated rings. The molecule has 17 nitrogen and oxygen atoms in total. The molecule has 0 saturated carbocycles. The fourth-order valence-electron chi connectivity index (χ4n) is 9.76. The van der Waals surface area contributed by atoms with Crippen molar-refractivity contribution in [3.8, 4) is 0 Å². The molecule has 0 heterocycles. The fraction of sp³-hybridized carbons (Fsp3) is 0.624. The second-order valence-electron chi connectivity index (χ2n) is 25.5. The van der Waals surface area contributed by atoms with Gasteiger partial charge in [0.1, 0.15) is 19.3 Å². The van der Waals surface area contributed by atoms with Gasteiger partial charge in [0, 0.05) is 25.7 Å². The minimum Gasteiger partial charge on any atom is -0.462 e. The Morgan fingerprint density at radius 3 is 0.788 bits per heavy atom. The maximum Gasteiger partial charge on any atom is 0.472 e. The topological polar surface area (TPSA) is 237 Å². The van der Waals surface area contributed by atoms with Crippen LogP contribution in [-0.2, 0) is 65.4 Å². The highest BCUT2D eigenvalue weighted by Gasteiger charge is 2.30. The average Bonchev–Trinajstić information content (AvgIpc) is 0.911. The lowest BCUT2D eigenvalue weighted by atomic mass is 10.1. The summed E-state index contributed by atoms with van der Waals surface area (Å²) in [5.41, 5.74) is 0. The Hall–Kier alpha value is -5.58. The molecule has 0 aliphatic rings. The van der Waals surface area contributed by atoms with Gasteiger partial charge in [0.2, 0.25) is 0 Å². The van der Waals surface area contributed by atoms with Crippen LogP contribution in [0, 0.1) is 0 Å². The van der Waals surface area contributed by atoms with Crippen LogP contribution in [-0.4, -0.2) is 96.7 Å². The molecular formula is C85H138O17P2. The van der Waals surface area contributed by atoms with E-state index >= 15 is 0 Å². The summed E-state index contributed by atoms with van der Waals surface area (Å²) < 4.78 is 68.5. The third kappa shape index (κ3) is 74.7. The SMILES string of the molecule is CC/C=C\C/C=C\C/C=C\C/C=C\CCCCCCCCC(=O)OCC(COP(=O)(O)OCC(O)COP(=O)(O)OCC(COC(=O)CCCCCC/C=C\C/C=C\C/C=C\C/C=C\CC)OC(=O)CCCCCCC/C=C\C/C=C\CCC)OC(=O)CCCC/C=C\C/C=C\C/C=C\C/C=C\CC. The van der Waals surface area contributed by atoms with E-state index in [4.69, 9.17) is 37.0 Å². The first-order valence-corrected chi connectivity index (χ1v) is 42.4. The Morgan fingerprint density at radius 1 is 0.279 bits per heavy atom. The van der Waals surface area contributed by atoms with E-state index < -0.39 is 97.5 Å². The summed E-state index contributed by atoms with van der Waals surface area (Å²) in [4.78, 5) is 73.0. The molecule has 0 radical (unpaired) electrons. The molecule has 0 bridgehead atoms. The van der Waals surface area contributed by atoms with Gasteiger partial charge < -0.3 is 33.8 Å². The van der Waals surface area contributed by atoms with E-state index in [-0.39, 0.29) is 25.7 Å². The zero-order chi connectivity index (χ0) is 76.0. The summed E-state index contributed by atoms with van der Waals surface area (Å²) in [6, 6.07) is 0. The van der Waals surface area contributed by atoms with E-state index in [1.165, 1.54) is 0 Å². The number of phosphoric ester groups is 2. The average molecular weight is 1490 g/mol. The number of esters is 4. The van der Waals surface area contributed by atoms with Gasteiger partial charge in [0.05, 0.1) is 26.4 Å². The van der Waals surface area contributed by atoms with Gasteiger partial charge in [-0.05, 0) is 167 Å². The minimum absolute atomic E-state index is 0.0326. The van der Waals surface area contributed by atoms with Crippen LogP contribution in [0.2, 0.25) is 0 Å². The highest BCUT2D eigenvalue weighted by Crippen LogP contribution is 2.45. The number of carbonyl (C=O) groups excluding carboxylic acids is 4. The maximum absolute atomic E-state index is 13.1. The van der Waals surface area contributed by atoms with Gasteiger partial charge in [-0.1, -0.05) is 262 Å². The number of unbranched alkanes of at least 4 members (excludes halogenated alkanes) is 18. The summed E-state index contributed by atoms with van der Waals surface area (Å²) in [6.07, 6.45) is 89.1. The molecule has 0 rings (SSSR count). The molecule has 590 valence electrons. The number of phosphoric acid groups is 2. The third-order valence-corrected chi connectivity index (χ3v) is 17.5. The lowest BCUT2D eigenvalue weighted by Gasteiger charge is -2.21. The van der Waals surface area contributed by atoms with Crippen molar-refractivity contribution in [3.05, 3.63) is 170 Å². The van der Waals surface area contributed by atoms with Crippen molar-refractivity contribution in [1.82, 2.24) is 0 Å². The van der Waals surface area contributed by atoms with Crippen LogP contribution in [0.15, 0.2) is 170 Å². The van der Waals surface area contributed by atoms with Gasteiger partial charge in [-0.2, -0.15) is 0 Å². The predicted octanol–water partition coefficient (Wildman–Crippen LogP) is 23.0. The summed E-state index contributed by atoms with van der Waals surface area (Å²) in [5.74, 6) is -2.29. The van der Waals surface area contributed by atoms with Crippen LogP contribution in [0.5, 0.6) is 0 Å². The number of allylic oxidation sites excluding steroid dienone is 28. The zero-order valence-electron chi connectivity index (χ0n) is 64.4. The van der Waals surface area contributed by atoms with Crippen LogP contribution in [0.4, 0.5) is 0 Å². The number of hydrogen-bond donors (Lipinski definition) is 3. The quantitative estimate of drug-likeness (QED) is 0.0169. The van der Waals surface area contributed by atoms with Gasteiger partial charge >= 0.3 is 39.5 Å². The van der Waals surface area contributed by atoms with Crippen molar-refractivity contribution in [2.45, 2.75) is 303 Å². The van der Waals surface area contributed by atoms with Crippen LogP contribution < -0.4 is 0 Å². The second-order valence-corrected chi connectivity index (χ2v) is 28.4. The number of hydrogen-bond acceptors (Lipinski definition) is 15. The monoisotopic (exact) mass is 1490 g/mol. The minimum atomic E-state index is -5.00. The van der Waals surface area contributed by atoms with E-state index in [1.54, 1.807) is 0 Å². The molecule has 5 atom stereocenters. The molecule has 0 aliphatic heterocycles. The van der Waals surface area contributed by atoms with Gasteiger partial charge in [0.15, 0.2) is 12.2 Å². The Morgan fingerprint density at radius 2 is 0.500 bits per heavy atom. The molecule has 0 aromatic heterocycles. The van der Waals surface area contributed by atoms with Crippen LogP contribution in [0.25, 0.3) is 0 Å². The summed E-state index contributed by atoms with van der Waals surface area (Å²) in [6.45, 7) is 4.34. The van der Waals surface area contributed by atoms with Gasteiger partial charge in [-0.3, -0.25) is 37.3 Å². The fourth-order valence-corrected chi connectivity index (χ4v) is 11.3. The molecule has 0 amide bonds. The molecule has 0 aliphatic carbocycles. The maximum atomic E-state index is 13.1. The molecule has 3 N–H and O–H groups in total. The highest BCUT2D eigenvalue weighted by atomic mass is 31.2. The predicted molar refractivity (Wildman–Crippen MR) is 426 cm³/mol. The number of aliphatic hydroxyl groups is 1. The molecule has 104 heavy (non-hydrogen) atoms. The Bertz CT molecular complexity index is 2640. The molecule has 5 unspecified atom stereocenters. The van der Waals surface area contributed by atoms with Crippen LogP contribution >= 0.6 is 15.6 Å². The second kappa shape index (κ2) is 75.6. The van der Waals surface area contributed by atoms with E-state index in [1.807, 2.05) is 0 Å². The first kappa shape index (κ1) is 98.4. The smallest absolute Gasteiger partial charge is 0.462 e. The number of rotatable bonds is 72. The third-order valence-electron chi connectivity index (χ3n) is 15.6. The Balaban J connectivity index is 5.43. The molecule has 0 aromatic rings. The van der Waals surface area contributed by atoms with Gasteiger partial charge in [-0.25, -0.2) is 9.13 Å². The van der Waals surface area contributed by atoms with Crippen molar-refractivity contribution in [1.29, 1.82) is 0 Å². The van der Waals surface area contributed by atoms with E-state index in [0.717, 1.165) is 199 Å². The van der Waals surface area contributed by atoms with E-state index in [9.17, 15) is 43.2 Å².